The number of fused-ring (bicyclic) bond motifs is 2. The normalized spacial score (nSPS) is 12.9. The van der Waals surface area contributed by atoms with Crippen LogP contribution in [0.25, 0.3) is 33.5 Å². The van der Waals surface area contributed by atoms with Crippen LogP contribution in [-0.4, -0.2) is 42.5 Å². The molecule has 4 heterocycles. The monoisotopic (exact) mass is 477 g/mol. The van der Waals surface area contributed by atoms with Gasteiger partial charge < -0.3 is 15.2 Å². The fraction of sp³-hybridized carbons (Fsp3) is 0.214. The van der Waals surface area contributed by atoms with Gasteiger partial charge in [0.05, 0.1) is 11.7 Å². The Balaban J connectivity index is 1.30. The number of rotatable bonds is 6. The molecule has 0 fully saturated rings. The van der Waals surface area contributed by atoms with Crippen LogP contribution in [0.5, 0.6) is 0 Å². The number of hydrogen-bond donors (Lipinski definition) is 3. The minimum atomic E-state index is -0.0651. The highest BCUT2D eigenvalue weighted by Crippen LogP contribution is 2.32. The molecule has 0 atom stereocenters. The second kappa shape index (κ2) is 9.05. The van der Waals surface area contributed by atoms with Crippen molar-refractivity contribution in [1.82, 2.24) is 35.4 Å². The standard InChI is InChI=1S/C28H27N7O/c1-3-29-11-21-12-30-13-23(17(21)2)18-8-9-24-22(10-18)26(34-33-24)27-31-14-25(32-27)28(36)35-15-19-6-4-5-7-20(19)16-35/h4-10,12-14,29H,3,11,15-16H2,1-2H3,(H,31,32)(H,33,34). The Bertz CT molecular complexity index is 1560. The summed E-state index contributed by atoms with van der Waals surface area (Å²) < 4.78 is 0. The molecule has 2 aromatic carbocycles. The Morgan fingerprint density at radius 2 is 1.89 bits per heavy atom. The van der Waals surface area contributed by atoms with Gasteiger partial charge >= 0.3 is 0 Å². The van der Waals surface area contributed by atoms with Crippen LogP contribution in [0.3, 0.4) is 0 Å². The maximum Gasteiger partial charge on any atom is 0.272 e. The molecule has 0 unspecified atom stereocenters. The highest BCUT2D eigenvalue weighted by Gasteiger charge is 2.25. The van der Waals surface area contributed by atoms with Gasteiger partial charge in [0.1, 0.15) is 11.4 Å². The molecule has 5 aromatic rings. The van der Waals surface area contributed by atoms with Crippen molar-refractivity contribution in [3.8, 4) is 22.6 Å². The van der Waals surface area contributed by atoms with E-state index in [0.29, 0.717) is 30.3 Å². The average molecular weight is 478 g/mol. The third-order valence-electron chi connectivity index (χ3n) is 6.92. The van der Waals surface area contributed by atoms with Crippen molar-refractivity contribution in [2.24, 2.45) is 0 Å². The maximum atomic E-state index is 13.2. The summed E-state index contributed by atoms with van der Waals surface area (Å²) in [7, 11) is 0. The fourth-order valence-electron chi connectivity index (χ4n) is 4.86. The van der Waals surface area contributed by atoms with Gasteiger partial charge in [0, 0.05) is 43.0 Å². The van der Waals surface area contributed by atoms with E-state index in [-0.39, 0.29) is 5.91 Å². The number of nitrogens with one attached hydrogen (secondary N) is 3. The minimum absolute atomic E-state index is 0.0651. The summed E-state index contributed by atoms with van der Waals surface area (Å²) in [5.74, 6) is 0.499. The van der Waals surface area contributed by atoms with Crippen molar-refractivity contribution in [3.05, 3.63) is 89.0 Å². The predicted molar refractivity (Wildman–Crippen MR) is 139 cm³/mol. The van der Waals surface area contributed by atoms with Gasteiger partial charge in [-0.2, -0.15) is 5.10 Å². The van der Waals surface area contributed by atoms with Crippen LogP contribution in [0.15, 0.2) is 61.1 Å². The van der Waals surface area contributed by atoms with Crippen molar-refractivity contribution in [1.29, 1.82) is 0 Å². The molecule has 6 rings (SSSR count). The second-order valence-electron chi connectivity index (χ2n) is 9.16. The van der Waals surface area contributed by atoms with Crippen LogP contribution in [0.2, 0.25) is 0 Å². The lowest BCUT2D eigenvalue weighted by atomic mass is 9.98. The molecule has 0 bridgehead atoms. The van der Waals surface area contributed by atoms with Crippen LogP contribution in [0.1, 0.15) is 39.7 Å². The number of nitrogens with zero attached hydrogens (tertiary/aromatic N) is 4. The SMILES string of the molecule is CCNCc1cncc(-c2ccc3[nH]nc(-c4ncc(C(=O)N5Cc6ccccc6C5)[nH]4)c3c2)c1C. The number of carbonyl (C=O) groups is 1. The van der Waals surface area contributed by atoms with Gasteiger partial charge in [-0.25, -0.2) is 4.98 Å². The van der Waals surface area contributed by atoms with Crippen LogP contribution < -0.4 is 5.32 Å². The van der Waals surface area contributed by atoms with E-state index in [0.717, 1.165) is 35.1 Å². The van der Waals surface area contributed by atoms with Crippen molar-refractivity contribution in [2.75, 3.05) is 6.54 Å². The quantitative estimate of drug-likeness (QED) is 0.332. The first-order chi connectivity index (χ1) is 17.6. The van der Waals surface area contributed by atoms with E-state index in [1.807, 2.05) is 35.5 Å². The summed E-state index contributed by atoms with van der Waals surface area (Å²) in [5, 5.41) is 11.9. The molecule has 8 nitrogen and oxygen atoms in total. The van der Waals surface area contributed by atoms with E-state index < -0.39 is 0 Å². The van der Waals surface area contributed by atoms with E-state index in [9.17, 15) is 4.79 Å². The van der Waals surface area contributed by atoms with E-state index in [1.165, 1.54) is 22.3 Å². The molecule has 36 heavy (non-hydrogen) atoms. The van der Waals surface area contributed by atoms with E-state index in [2.05, 4.69) is 68.6 Å². The predicted octanol–water partition coefficient (Wildman–Crippen LogP) is 4.59. The number of hydrogen-bond acceptors (Lipinski definition) is 5. The molecular formula is C28H27N7O. The van der Waals surface area contributed by atoms with Gasteiger partial charge in [-0.1, -0.05) is 37.3 Å². The van der Waals surface area contributed by atoms with Gasteiger partial charge in [0.2, 0.25) is 0 Å². The Hall–Kier alpha value is -4.30. The van der Waals surface area contributed by atoms with Gasteiger partial charge in [0.25, 0.3) is 5.91 Å². The summed E-state index contributed by atoms with van der Waals surface area (Å²) in [6.07, 6.45) is 5.43. The first kappa shape index (κ1) is 22.2. The summed E-state index contributed by atoms with van der Waals surface area (Å²) in [6, 6.07) is 14.4. The summed E-state index contributed by atoms with van der Waals surface area (Å²) in [4.78, 5) is 27.2. The van der Waals surface area contributed by atoms with Gasteiger partial charge in [0.15, 0.2) is 5.82 Å². The number of aromatic amines is 2. The van der Waals surface area contributed by atoms with Crippen molar-refractivity contribution in [3.63, 3.8) is 0 Å². The van der Waals surface area contributed by atoms with Crippen molar-refractivity contribution < 1.29 is 4.79 Å². The highest BCUT2D eigenvalue weighted by atomic mass is 16.2. The molecule has 3 N–H and O–H groups in total. The second-order valence-corrected chi connectivity index (χ2v) is 9.16. The number of H-pyrrole nitrogens is 2. The zero-order chi connectivity index (χ0) is 24.6. The van der Waals surface area contributed by atoms with Crippen LogP contribution in [0.4, 0.5) is 0 Å². The fourth-order valence-corrected chi connectivity index (χ4v) is 4.86. The lowest BCUT2D eigenvalue weighted by Crippen LogP contribution is -2.25. The summed E-state index contributed by atoms with van der Waals surface area (Å²) in [5.41, 5.74) is 8.96. The molecule has 0 radical (unpaired) electrons. The van der Waals surface area contributed by atoms with Crippen LogP contribution in [-0.2, 0) is 19.6 Å². The molecule has 3 aromatic heterocycles. The van der Waals surface area contributed by atoms with E-state index in [4.69, 9.17) is 0 Å². The third-order valence-corrected chi connectivity index (χ3v) is 6.92. The van der Waals surface area contributed by atoms with E-state index >= 15 is 0 Å². The van der Waals surface area contributed by atoms with Crippen LogP contribution >= 0.6 is 0 Å². The van der Waals surface area contributed by atoms with Crippen molar-refractivity contribution in [2.45, 2.75) is 33.5 Å². The molecule has 0 spiro atoms. The molecule has 8 heteroatoms. The molecular weight excluding hydrogens is 450 g/mol. The van der Waals surface area contributed by atoms with Crippen LogP contribution in [0, 0.1) is 6.92 Å². The molecule has 1 amide bonds. The Morgan fingerprint density at radius 1 is 1.08 bits per heavy atom. The topological polar surface area (TPSA) is 103 Å². The van der Waals surface area contributed by atoms with Gasteiger partial charge in [-0.05, 0) is 53.4 Å². The molecule has 1 aliphatic rings. The summed E-state index contributed by atoms with van der Waals surface area (Å²) >= 11 is 0. The molecule has 0 aliphatic carbocycles. The maximum absolute atomic E-state index is 13.2. The number of aromatic nitrogens is 5. The number of carbonyl (C=O) groups excluding carboxylic acids is 1. The molecule has 0 saturated carbocycles. The molecule has 1 aliphatic heterocycles. The zero-order valence-corrected chi connectivity index (χ0v) is 20.3. The average Bonchev–Trinajstić information content (AvgIpc) is 3.65. The Labute approximate surface area is 208 Å². The van der Waals surface area contributed by atoms with E-state index in [1.54, 1.807) is 6.20 Å². The first-order valence-electron chi connectivity index (χ1n) is 12.2. The number of pyridine rings is 1. The third kappa shape index (κ3) is 3.85. The first-order valence-corrected chi connectivity index (χ1v) is 12.2. The molecule has 0 saturated heterocycles. The Morgan fingerprint density at radius 3 is 2.67 bits per heavy atom. The zero-order valence-electron chi connectivity index (χ0n) is 20.3. The lowest BCUT2D eigenvalue weighted by molar-refractivity contribution is 0.0746. The molecule has 180 valence electrons. The smallest absolute Gasteiger partial charge is 0.272 e. The summed E-state index contributed by atoms with van der Waals surface area (Å²) in [6.45, 7) is 7.14. The number of amides is 1. The number of imidazole rings is 1. The Kier molecular flexibility index (Phi) is 5.58. The lowest BCUT2D eigenvalue weighted by Gasteiger charge is -2.13. The largest absolute Gasteiger partial charge is 0.333 e. The van der Waals surface area contributed by atoms with Crippen molar-refractivity contribution >= 4 is 16.8 Å². The highest BCUT2D eigenvalue weighted by molar-refractivity contribution is 5.96. The van der Waals surface area contributed by atoms with Gasteiger partial charge in [-0.15, -0.1) is 0 Å². The number of benzene rings is 2. The van der Waals surface area contributed by atoms with Gasteiger partial charge in [-0.3, -0.25) is 14.9 Å². The minimum Gasteiger partial charge on any atom is -0.333 e.